The molecule has 3 aliphatic rings. The van der Waals surface area contributed by atoms with Crippen LogP contribution in [-0.4, -0.2) is 57.0 Å². The van der Waals surface area contributed by atoms with Gasteiger partial charge in [-0.25, -0.2) is 0 Å². The summed E-state index contributed by atoms with van der Waals surface area (Å²) in [6.07, 6.45) is 4.30. The first-order valence-electron chi connectivity index (χ1n) is 10.3. The summed E-state index contributed by atoms with van der Waals surface area (Å²) in [5.74, 6) is 1.90. The van der Waals surface area contributed by atoms with E-state index >= 15 is 0 Å². The highest BCUT2D eigenvalue weighted by atomic mass is 16.5. The van der Waals surface area contributed by atoms with E-state index in [1.54, 1.807) is 7.11 Å². The molecule has 1 aromatic rings. The summed E-state index contributed by atoms with van der Waals surface area (Å²) in [4.78, 5) is 14.8. The Labute approximate surface area is 167 Å². The minimum Gasteiger partial charge on any atom is -0.493 e. The molecule has 2 saturated heterocycles. The third-order valence-electron chi connectivity index (χ3n) is 5.76. The van der Waals surface area contributed by atoms with E-state index in [1.165, 1.54) is 0 Å². The van der Waals surface area contributed by atoms with E-state index in [1.807, 2.05) is 23.1 Å². The molecule has 0 aromatic heterocycles. The molecule has 28 heavy (non-hydrogen) atoms. The third kappa shape index (κ3) is 4.61. The van der Waals surface area contributed by atoms with Crippen molar-refractivity contribution < 1.29 is 23.7 Å². The van der Waals surface area contributed by atoms with Gasteiger partial charge in [-0.3, -0.25) is 4.79 Å². The van der Waals surface area contributed by atoms with Crippen LogP contribution in [0.25, 0.3) is 0 Å². The van der Waals surface area contributed by atoms with Crippen molar-refractivity contribution in [3.8, 4) is 11.5 Å². The van der Waals surface area contributed by atoms with Crippen LogP contribution in [0.1, 0.15) is 38.2 Å². The fourth-order valence-corrected chi connectivity index (χ4v) is 3.79. The van der Waals surface area contributed by atoms with E-state index in [9.17, 15) is 4.79 Å². The lowest BCUT2D eigenvalue weighted by Crippen LogP contribution is -2.44. The topological polar surface area (TPSA) is 57.2 Å². The van der Waals surface area contributed by atoms with E-state index in [0.717, 1.165) is 56.8 Å². The predicted molar refractivity (Wildman–Crippen MR) is 105 cm³/mol. The zero-order chi connectivity index (χ0) is 19.6. The molecule has 2 aliphatic heterocycles. The van der Waals surface area contributed by atoms with Crippen LogP contribution in [0.4, 0.5) is 0 Å². The molecule has 1 atom stereocenters. The normalized spacial score (nSPS) is 23.1. The predicted octanol–water partition coefficient (Wildman–Crippen LogP) is 3.03. The molecule has 1 saturated carbocycles. The van der Waals surface area contributed by atoms with Crippen LogP contribution in [0.2, 0.25) is 0 Å². The van der Waals surface area contributed by atoms with Crippen LogP contribution in [0.3, 0.4) is 0 Å². The van der Waals surface area contributed by atoms with Crippen molar-refractivity contribution in [3.05, 3.63) is 23.8 Å². The van der Waals surface area contributed by atoms with Crippen molar-refractivity contribution in [2.45, 2.75) is 45.3 Å². The smallest absolute Gasteiger partial charge is 0.226 e. The summed E-state index contributed by atoms with van der Waals surface area (Å²) >= 11 is 0. The molecule has 3 fully saturated rings. The van der Waals surface area contributed by atoms with E-state index in [2.05, 4.69) is 6.92 Å². The van der Waals surface area contributed by atoms with Crippen LogP contribution < -0.4 is 9.47 Å². The summed E-state index contributed by atoms with van der Waals surface area (Å²) in [5.41, 5.74) is 1.12. The van der Waals surface area contributed by atoms with Crippen LogP contribution >= 0.6 is 0 Å². The molecule has 1 unspecified atom stereocenters. The lowest BCUT2D eigenvalue weighted by Gasteiger charge is -2.37. The van der Waals surface area contributed by atoms with Crippen LogP contribution in [0, 0.1) is 11.3 Å². The van der Waals surface area contributed by atoms with Gasteiger partial charge in [-0.05, 0) is 43.4 Å². The van der Waals surface area contributed by atoms with Gasteiger partial charge in [0.2, 0.25) is 5.91 Å². The summed E-state index contributed by atoms with van der Waals surface area (Å²) in [5, 5.41) is 0. The number of rotatable bonds is 9. The molecule has 4 rings (SSSR count). The fourth-order valence-electron chi connectivity index (χ4n) is 3.79. The van der Waals surface area contributed by atoms with Crippen molar-refractivity contribution in [3.63, 3.8) is 0 Å². The van der Waals surface area contributed by atoms with E-state index in [0.29, 0.717) is 25.4 Å². The molecular weight excluding hydrogens is 358 g/mol. The number of amides is 1. The van der Waals surface area contributed by atoms with Gasteiger partial charge in [0.05, 0.1) is 33.0 Å². The number of ether oxygens (including phenoxy) is 4. The van der Waals surface area contributed by atoms with Gasteiger partial charge < -0.3 is 23.8 Å². The number of hydrogen-bond acceptors (Lipinski definition) is 5. The number of carbonyl (C=O) groups is 1. The molecule has 2 heterocycles. The summed E-state index contributed by atoms with van der Waals surface area (Å²) < 4.78 is 22.6. The quantitative estimate of drug-likeness (QED) is 0.650. The maximum Gasteiger partial charge on any atom is 0.226 e. The molecular formula is C22H31NO5. The average molecular weight is 389 g/mol. The molecule has 0 bridgehead atoms. The van der Waals surface area contributed by atoms with Crippen LogP contribution in [0.15, 0.2) is 18.2 Å². The summed E-state index contributed by atoms with van der Waals surface area (Å²) in [6.45, 7) is 6.25. The molecule has 1 aromatic carbocycles. The first-order chi connectivity index (χ1) is 13.6. The van der Waals surface area contributed by atoms with Gasteiger partial charge in [0.15, 0.2) is 11.5 Å². The minimum atomic E-state index is 0.0643. The molecule has 6 heteroatoms. The van der Waals surface area contributed by atoms with E-state index in [4.69, 9.17) is 18.9 Å². The highest BCUT2D eigenvalue weighted by molar-refractivity contribution is 5.81. The average Bonchev–Trinajstić information content (AvgIpc) is 3.41. The van der Waals surface area contributed by atoms with E-state index < -0.39 is 0 Å². The van der Waals surface area contributed by atoms with Crippen molar-refractivity contribution in [1.82, 2.24) is 4.90 Å². The van der Waals surface area contributed by atoms with Gasteiger partial charge in [-0.2, -0.15) is 0 Å². The lowest BCUT2D eigenvalue weighted by atomic mass is 9.90. The second-order valence-electron chi connectivity index (χ2n) is 8.71. The molecule has 0 spiro atoms. The van der Waals surface area contributed by atoms with Crippen LogP contribution in [-0.2, 0) is 20.8 Å². The monoisotopic (exact) mass is 389 g/mol. The molecule has 0 radical (unpaired) electrons. The molecule has 0 N–H and O–H groups in total. The highest BCUT2D eigenvalue weighted by Crippen LogP contribution is 2.35. The van der Waals surface area contributed by atoms with Gasteiger partial charge in [-0.15, -0.1) is 0 Å². The maximum atomic E-state index is 12.8. The standard InChI is InChI=1S/C22H31NO5/c1-22(13-26-14-22)15-28-20-10-16(5-8-19(20)25-2)11-23(21(24)17-6-7-17)12-18-4-3-9-27-18/h5,8,10,17-18H,3-4,6-7,9,11-15H2,1-2H3. The second-order valence-corrected chi connectivity index (χ2v) is 8.71. The SMILES string of the molecule is COc1ccc(CN(CC2CCCO2)C(=O)C2CC2)cc1OCC1(C)COC1. The minimum absolute atomic E-state index is 0.0643. The first-order valence-corrected chi connectivity index (χ1v) is 10.3. The van der Waals surface area contributed by atoms with Crippen molar-refractivity contribution >= 4 is 5.91 Å². The largest absolute Gasteiger partial charge is 0.493 e. The fraction of sp³-hybridized carbons (Fsp3) is 0.682. The van der Waals surface area contributed by atoms with E-state index in [-0.39, 0.29) is 23.3 Å². The van der Waals surface area contributed by atoms with Crippen LogP contribution in [0.5, 0.6) is 11.5 Å². The second kappa shape index (κ2) is 8.29. The van der Waals surface area contributed by atoms with Gasteiger partial charge in [-0.1, -0.05) is 13.0 Å². The Morgan fingerprint density at radius 2 is 2.07 bits per heavy atom. The first kappa shape index (κ1) is 19.5. The maximum absolute atomic E-state index is 12.8. The highest BCUT2D eigenvalue weighted by Gasteiger charge is 2.36. The number of benzene rings is 1. The molecule has 154 valence electrons. The number of nitrogens with zero attached hydrogens (tertiary/aromatic N) is 1. The number of carbonyl (C=O) groups excluding carboxylic acids is 1. The molecule has 1 aliphatic carbocycles. The van der Waals surface area contributed by atoms with Gasteiger partial charge >= 0.3 is 0 Å². The molecule has 1 amide bonds. The molecule has 6 nitrogen and oxygen atoms in total. The number of hydrogen-bond donors (Lipinski definition) is 0. The summed E-state index contributed by atoms with van der Waals surface area (Å²) in [6, 6.07) is 5.95. The van der Waals surface area contributed by atoms with Crippen molar-refractivity contribution in [2.24, 2.45) is 11.3 Å². The Kier molecular flexibility index (Phi) is 5.78. The Bertz CT molecular complexity index is 692. The lowest BCUT2D eigenvalue weighted by molar-refractivity contribution is -0.134. The summed E-state index contributed by atoms with van der Waals surface area (Å²) in [7, 11) is 1.65. The zero-order valence-corrected chi connectivity index (χ0v) is 16.9. The Morgan fingerprint density at radius 1 is 1.25 bits per heavy atom. The van der Waals surface area contributed by atoms with Crippen molar-refractivity contribution in [2.75, 3.05) is 40.1 Å². The zero-order valence-electron chi connectivity index (χ0n) is 16.9. The Morgan fingerprint density at radius 3 is 2.68 bits per heavy atom. The Hall–Kier alpha value is -1.79. The number of methoxy groups -OCH3 is 1. The van der Waals surface area contributed by atoms with Gasteiger partial charge in [0.1, 0.15) is 0 Å². The van der Waals surface area contributed by atoms with Crippen molar-refractivity contribution in [1.29, 1.82) is 0 Å². The Balaban J connectivity index is 1.45. The van der Waals surface area contributed by atoms with Gasteiger partial charge in [0.25, 0.3) is 0 Å². The third-order valence-corrected chi connectivity index (χ3v) is 5.76. The van der Waals surface area contributed by atoms with Gasteiger partial charge in [0, 0.05) is 31.0 Å².